The molecule has 1 aromatic carbocycles. The number of ether oxygens (including phenoxy) is 1. The molecule has 10 heteroatoms. The first-order valence-corrected chi connectivity index (χ1v) is 7.96. The van der Waals surface area contributed by atoms with Crippen molar-refractivity contribution in [1.29, 1.82) is 0 Å². The normalized spacial score (nSPS) is 19.8. The van der Waals surface area contributed by atoms with E-state index in [2.05, 4.69) is 0 Å². The molecule has 0 aliphatic carbocycles. The maximum Gasteiger partial charge on any atom is 0.406 e. The summed E-state index contributed by atoms with van der Waals surface area (Å²) in [7, 11) is 1.26. The van der Waals surface area contributed by atoms with E-state index in [4.69, 9.17) is 9.84 Å². The summed E-state index contributed by atoms with van der Waals surface area (Å²) in [6, 6.07) is 3.50. The van der Waals surface area contributed by atoms with Gasteiger partial charge in [0.1, 0.15) is 0 Å². The minimum Gasteiger partial charge on any atom is -0.494 e. The number of amides is 1. The number of aliphatic carboxylic acids is 1. The molecule has 1 fully saturated rings. The molecule has 1 amide bonds. The van der Waals surface area contributed by atoms with Gasteiger partial charge in [0.05, 0.1) is 7.11 Å². The molecule has 1 N–H and O–H groups in total. The zero-order chi connectivity index (χ0) is 20.4. The van der Waals surface area contributed by atoms with Crippen LogP contribution < -0.4 is 4.74 Å². The second kappa shape index (κ2) is 7.53. The average molecular weight is 391 g/mol. The van der Waals surface area contributed by atoms with Gasteiger partial charge < -0.3 is 14.7 Å². The van der Waals surface area contributed by atoms with E-state index in [1.165, 1.54) is 19.2 Å². The van der Waals surface area contributed by atoms with Crippen molar-refractivity contribution in [2.24, 2.45) is 5.41 Å². The van der Waals surface area contributed by atoms with Crippen LogP contribution in [0, 0.1) is 11.2 Å². The lowest BCUT2D eigenvalue weighted by Crippen LogP contribution is -2.47. The Kier molecular flexibility index (Phi) is 5.76. The van der Waals surface area contributed by atoms with E-state index >= 15 is 0 Å². The van der Waals surface area contributed by atoms with Gasteiger partial charge in [-0.05, 0) is 24.6 Å². The summed E-state index contributed by atoms with van der Waals surface area (Å²) < 4.78 is 57.7. The van der Waals surface area contributed by atoms with Crippen molar-refractivity contribution < 1.29 is 41.8 Å². The molecule has 148 valence electrons. The highest BCUT2D eigenvalue weighted by Gasteiger charge is 2.64. The highest BCUT2D eigenvalue weighted by molar-refractivity contribution is 5.98. The number of hydrogen-bond acceptors (Lipinski definition) is 4. The number of rotatable bonds is 6. The van der Waals surface area contributed by atoms with Crippen LogP contribution in [0.1, 0.15) is 29.6 Å². The van der Waals surface area contributed by atoms with E-state index in [0.29, 0.717) is 0 Å². The predicted molar refractivity (Wildman–Crippen MR) is 83.8 cm³/mol. The van der Waals surface area contributed by atoms with Crippen molar-refractivity contribution in [2.45, 2.75) is 25.4 Å². The van der Waals surface area contributed by atoms with E-state index in [1.807, 2.05) is 0 Å². The lowest BCUT2D eigenvalue weighted by atomic mass is 9.86. The number of methoxy groups -OCH3 is 1. The third-order valence-electron chi connectivity index (χ3n) is 4.61. The second-order valence-electron chi connectivity index (χ2n) is 6.22. The van der Waals surface area contributed by atoms with Gasteiger partial charge in [0.25, 0.3) is 0 Å². The van der Waals surface area contributed by atoms with E-state index in [-0.39, 0.29) is 24.3 Å². The number of Topliss-reactive ketones (excluding diaryl/α,β-unsaturated/α-hetero) is 1. The molecule has 1 aliphatic heterocycles. The Morgan fingerprint density at radius 1 is 1.26 bits per heavy atom. The first-order valence-electron chi connectivity index (χ1n) is 7.96. The van der Waals surface area contributed by atoms with Crippen LogP contribution in [0.4, 0.5) is 17.6 Å². The number of likely N-dealkylation sites (tertiary alicyclic amines) is 1. The zero-order valence-electron chi connectivity index (χ0n) is 14.3. The number of alkyl halides is 3. The van der Waals surface area contributed by atoms with Crippen LogP contribution in [0.25, 0.3) is 0 Å². The minimum atomic E-state index is -5.00. The second-order valence-corrected chi connectivity index (χ2v) is 6.22. The standard InChI is InChI=1S/C17H17F4NO5/c1-27-13-4-2-10(8-11(13)18)12(23)3-5-14(24)22-7-6-16(9-22,15(25)26)17(19,20)21/h2,4,8H,3,5-7,9H2,1H3,(H,25,26). The van der Waals surface area contributed by atoms with Gasteiger partial charge in [-0.25, -0.2) is 4.39 Å². The molecular weight excluding hydrogens is 374 g/mol. The Hall–Kier alpha value is -2.65. The van der Waals surface area contributed by atoms with Crippen molar-refractivity contribution in [3.05, 3.63) is 29.6 Å². The smallest absolute Gasteiger partial charge is 0.406 e. The number of ketones is 1. The van der Waals surface area contributed by atoms with Gasteiger partial charge in [0.2, 0.25) is 5.91 Å². The fourth-order valence-corrected chi connectivity index (χ4v) is 2.91. The lowest BCUT2D eigenvalue weighted by Gasteiger charge is -2.27. The van der Waals surface area contributed by atoms with Crippen molar-refractivity contribution in [1.82, 2.24) is 4.90 Å². The molecule has 1 saturated heterocycles. The first kappa shape index (κ1) is 20.7. The maximum atomic E-state index is 13.6. The Balaban J connectivity index is 1.99. The number of benzene rings is 1. The number of carbonyl (C=O) groups excluding carboxylic acids is 2. The number of nitrogens with zero attached hydrogens (tertiary/aromatic N) is 1. The van der Waals surface area contributed by atoms with Crippen molar-refractivity contribution >= 4 is 17.7 Å². The number of halogens is 4. The number of carboxylic acid groups (broad SMARTS) is 1. The van der Waals surface area contributed by atoms with Crippen molar-refractivity contribution in [3.8, 4) is 5.75 Å². The number of carbonyl (C=O) groups is 3. The molecule has 1 heterocycles. The maximum absolute atomic E-state index is 13.6. The molecule has 1 unspecified atom stereocenters. The summed E-state index contributed by atoms with van der Waals surface area (Å²) >= 11 is 0. The summed E-state index contributed by atoms with van der Waals surface area (Å²) in [5, 5.41) is 8.98. The number of hydrogen-bond donors (Lipinski definition) is 1. The summed E-state index contributed by atoms with van der Waals surface area (Å²) in [6.45, 7) is -1.36. The molecule has 27 heavy (non-hydrogen) atoms. The Morgan fingerprint density at radius 2 is 1.93 bits per heavy atom. The van der Waals surface area contributed by atoms with Gasteiger partial charge >= 0.3 is 12.1 Å². The third-order valence-corrected chi connectivity index (χ3v) is 4.61. The van der Waals surface area contributed by atoms with Gasteiger partial charge in [-0.1, -0.05) is 0 Å². The number of carboxylic acids is 1. The molecule has 0 spiro atoms. The Labute approximate surface area is 151 Å². The molecule has 6 nitrogen and oxygen atoms in total. The van der Waals surface area contributed by atoms with E-state index < -0.39 is 54.5 Å². The van der Waals surface area contributed by atoms with Crippen LogP contribution in [0.2, 0.25) is 0 Å². The van der Waals surface area contributed by atoms with Gasteiger partial charge in [-0.15, -0.1) is 0 Å². The largest absolute Gasteiger partial charge is 0.494 e. The van der Waals surface area contributed by atoms with Crippen LogP contribution in [-0.4, -0.2) is 54.0 Å². The predicted octanol–water partition coefficient (Wildman–Crippen LogP) is 2.66. The first-order chi connectivity index (χ1) is 12.5. The molecule has 2 rings (SSSR count). The molecule has 1 atom stereocenters. The summed E-state index contributed by atoms with van der Waals surface area (Å²) in [4.78, 5) is 36.1. The van der Waals surface area contributed by atoms with Crippen molar-refractivity contribution in [2.75, 3.05) is 20.2 Å². The molecule has 1 aromatic rings. The minimum absolute atomic E-state index is 0.00213. The summed E-state index contributed by atoms with van der Waals surface area (Å²) in [5.41, 5.74) is -3.00. The SMILES string of the molecule is COc1ccc(C(=O)CCC(=O)N2CCC(C(=O)O)(C(F)(F)F)C2)cc1F. The molecule has 0 bridgehead atoms. The van der Waals surface area contributed by atoms with Crippen molar-refractivity contribution in [3.63, 3.8) is 0 Å². The van der Waals surface area contributed by atoms with Crippen LogP contribution in [0.15, 0.2) is 18.2 Å². The van der Waals surface area contributed by atoms with Gasteiger partial charge in [0.15, 0.2) is 22.8 Å². The molecular formula is C17H17F4NO5. The van der Waals surface area contributed by atoms with E-state index in [9.17, 15) is 31.9 Å². The zero-order valence-corrected chi connectivity index (χ0v) is 14.3. The van der Waals surface area contributed by atoms with Gasteiger partial charge in [-0.3, -0.25) is 14.4 Å². The Bertz CT molecular complexity index is 764. The molecule has 0 radical (unpaired) electrons. The highest BCUT2D eigenvalue weighted by Crippen LogP contribution is 2.45. The summed E-state index contributed by atoms with van der Waals surface area (Å²) in [6.07, 6.45) is -6.48. The van der Waals surface area contributed by atoms with Gasteiger partial charge in [0, 0.05) is 31.5 Å². The Morgan fingerprint density at radius 3 is 2.41 bits per heavy atom. The molecule has 0 saturated carbocycles. The monoisotopic (exact) mass is 391 g/mol. The molecule has 1 aliphatic rings. The highest BCUT2D eigenvalue weighted by atomic mass is 19.4. The van der Waals surface area contributed by atoms with Crippen LogP contribution >= 0.6 is 0 Å². The summed E-state index contributed by atoms with van der Waals surface area (Å²) in [5.74, 6) is -4.17. The lowest BCUT2D eigenvalue weighted by molar-refractivity contribution is -0.227. The topological polar surface area (TPSA) is 83.9 Å². The van der Waals surface area contributed by atoms with Crippen LogP contribution in [0.3, 0.4) is 0 Å². The van der Waals surface area contributed by atoms with Gasteiger partial charge in [-0.2, -0.15) is 13.2 Å². The molecule has 0 aromatic heterocycles. The fraction of sp³-hybridized carbons (Fsp3) is 0.471. The van der Waals surface area contributed by atoms with Crippen LogP contribution in [-0.2, 0) is 9.59 Å². The quantitative estimate of drug-likeness (QED) is 0.596. The van der Waals surface area contributed by atoms with E-state index in [0.717, 1.165) is 11.0 Å². The third kappa shape index (κ3) is 4.04. The average Bonchev–Trinajstić information content (AvgIpc) is 3.06. The van der Waals surface area contributed by atoms with E-state index in [1.54, 1.807) is 0 Å². The van der Waals surface area contributed by atoms with Crippen LogP contribution in [0.5, 0.6) is 5.75 Å². The fourth-order valence-electron chi connectivity index (χ4n) is 2.91.